The lowest BCUT2D eigenvalue weighted by molar-refractivity contribution is -0.121. The third kappa shape index (κ3) is 2.07. The molecule has 0 N–H and O–H groups in total. The predicted molar refractivity (Wildman–Crippen MR) is 79.6 cm³/mol. The minimum absolute atomic E-state index is 0.00385. The van der Waals surface area contributed by atoms with Crippen molar-refractivity contribution < 1.29 is 4.79 Å². The Morgan fingerprint density at radius 3 is 2.71 bits per heavy atom. The summed E-state index contributed by atoms with van der Waals surface area (Å²) in [4.78, 5) is 12.5. The number of para-hydroxylation sites is 1. The Kier molecular flexibility index (Phi) is 2.99. The second kappa shape index (κ2) is 4.71. The van der Waals surface area contributed by atoms with E-state index in [4.69, 9.17) is 5.26 Å². The van der Waals surface area contributed by atoms with Crippen molar-refractivity contribution in [1.29, 1.82) is 5.26 Å². The summed E-state index contributed by atoms with van der Waals surface area (Å²) < 4.78 is 1.86. The molecule has 21 heavy (non-hydrogen) atoms. The van der Waals surface area contributed by atoms with Crippen LogP contribution in [0.4, 0.5) is 0 Å². The number of fused-ring (bicyclic) bond motifs is 1. The molecule has 0 radical (unpaired) electrons. The van der Waals surface area contributed by atoms with Gasteiger partial charge in [0.1, 0.15) is 0 Å². The van der Waals surface area contributed by atoms with Gasteiger partial charge < -0.3 is 0 Å². The maximum Gasteiger partial charge on any atom is 0.170 e. The summed E-state index contributed by atoms with van der Waals surface area (Å²) in [5.41, 5.74) is 2.64. The van der Waals surface area contributed by atoms with Crippen molar-refractivity contribution in [3.63, 3.8) is 0 Å². The molecule has 1 aromatic heterocycles. The molecule has 0 amide bonds. The minimum atomic E-state index is -0.526. The lowest BCUT2D eigenvalue weighted by Crippen LogP contribution is -2.33. The van der Waals surface area contributed by atoms with Crippen LogP contribution in [0.1, 0.15) is 25.1 Å². The van der Waals surface area contributed by atoms with Gasteiger partial charge >= 0.3 is 0 Å². The smallest absolute Gasteiger partial charge is 0.170 e. The molecule has 0 spiro atoms. The van der Waals surface area contributed by atoms with Gasteiger partial charge in [-0.15, -0.1) is 0 Å². The molecular weight excluding hydrogens is 262 g/mol. The molecule has 4 nitrogen and oxygen atoms in total. The van der Waals surface area contributed by atoms with Crippen molar-refractivity contribution in [2.45, 2.75) is 20.3 Å². The summed E-state index contributed by atoms with van der Waals surface area (Å²) in [6, 6.07) is 11.8. The fourth-order valence-electron chi connectivity index (χ4n) is 2.75. The van der Waals surface area contributed by atoms with E-state index in [1.807, 2.05) is 54.9 Å². The van der Waals surface area contributed by atoms with Crippen molar-refractivity contribution in [1.82, 2.24) is 9.78 Å². The SMILES string of the molecule is CC1(C)Cc2c(cnn2-c2ccccc2)/C(=C/C#N)C1=O. The van der Waals surface area contributed by atoms with E-state index in [9.17, 15) is 4.79 Å². The Morgan fingerprint density at radius 2 is 2.05 bits per heavy atom. The third-order valence-electron chi connectivity index (χ3n) is 3.84. The molecule has 0 aliphatic heterocycles. The zero-order chi connectivity index (χ0) is 15.0. The second-order valence-corrected chi connectivity index (χ2v) is 5.83. The van der Waals surface area contributed by atoms with E-state index in [2.05, 4.69) is 5.10 Å². The normalized spacial score (nSPS) is 18.3. The van der Waals surface area contributed by atoms with Crippen LogP contribution >= 0.6 is 0 Å². The summed E-state index contributed by atoms with van der Waals surface area (Å²) in [5.74, 6) is 0.00385. The van der Waals surface area contributed by atoms with E-state index in [-0.39, 0.29) is 5.78 Å². The first-order valence-electron chi connectivity index (χ1n) is 6.82. The molecule has 1 aliphatic carbocycles. The van der Waals surface area contributed by atoms with Crippen LogP contribution in [0.3, 0.4) is 0 Å². The monoisotopic (exact) mass is 277 g/mol. The van der Waals surface area contributed by atoms with Gasteiger partial charge in [0, 0.05) is 29.0 Å². The lowest BCUT2D eigenvalue weighted by Gasteiger charge is -2.29. The highest BCUT2D eigenvalue weighted by Crippen LogP contribution is 2.39. The molecule has 0 bridgehead atoms. The zero-order valence-electron chi connectivity index (χ0n) is 12.0. The summed E-state index contributed by atoms with van der Waals surface area (Å²) in [7, 11) is 0. The average molecular weight is 277 g/mol. The maximum atomic E-state index is 12.5. The van der Waals surface area contributed by atoms with Gasteiger partial charge in [0.25, 0.3) is 0 Å². The van der Waals surface area contributed by atoms with Crippen molar-refractivity contribution in [3.05, 3.63) is 53.9 Å². The molecule has 0 saturated carbocycles. The van der Waals surface area contributed by atoms with Gasteiger partial charge in [0.05, 0.1) is 23.6 Å². The van der Waals surface area contributed by atoms with Crippen molar-refractivity contribution >= 4 is 11.4 Å². The number of aromatic nitrogens is 2. The quantitative estimate of drug-likeness (QED) is 0.595. The van der Waals surface area contributed by atoms with Gasteiger partial charge in [-0.2, -0.15) is 10.4 Å². The summed E-state index contributed by atoms with van der Waals surface area (Å²) >= 11 is 0. The van der Waals surface area contributed by atoms with Crippen LogP contribution in [0.25, 0.3) is 11.3 Å². The van der Waals surface area contributed by atoms with Crippen molar-refractivity contribution in [2.75, 3.05) is 0 Å². The topological polar surface area (TPSA) is 58.7 Å². The number of benzene rings is 1. The molecule has 1 aromatic carbocycles. The van der Waals surface area contributed by atoms with Crippen molar-refractivity contribution in [3.8, 4) is 11.8 Å². The van der Waals surface area contributed by atoms with E-state index in [1.54, 1.807) is 6.20 Å². The Bertz CT molecular complexity index is 776. The number of hydrogen-bond donors (Lipinski definition) is 0. The zero-order valence-corrected chi connectivity index (χ0v) is 12.0. The highest BCUT2D eigenvalue weighted by molar-refractivity contribution is 6.25. The fraction of sp³-hybridized carbons (Fsp3) is 0.235. The van der Waals surface area contributed by atoms with Crippen LogP contribution in [-0.4, -0.2) is 15.6 Å². The number of carbonyl (C=O) groups is 1. The van der Waals surface area contributed by atoms with Gasteiger partial charge in [-0.25, -0.2) is 4.68 Å². The van der Waals surface area contributed by atoms with Crippen LogP contribution in [0.2, 0.25) is 0 Å². The standard InChI is InChI=1S/C17H15N3O/c1-17(2)10-15-14(13(8-9-18)16(17)21)11-19-20(15)12-6-4-3-5-7-12/h3-8,11H,10H2,1-2H3/b13-8-. The average Bonchev–Trinajstić information content (AvgIpc) is 2.87. The summed E-state index contributed by atoms with van der Waals surface area (Å²) in [5, 5.41) is 13.4. The molecule has 0 unspecified atom stereocenters. The number of nitriles is 1. The summed E-state index contributed by atoms with van der Waals surface area (Å²) in [6.07, 6.45) is 3.62. The number of ketones is 1. The van der Waals surface area contributed by atoms with E-state index in [0.29, 0.717) is 12.0 Å². The Morgan fingerprint density at radius 1 is 1.33 bits per heavy atom. The van der Waals surface area contributed by atoms with E-state index in [0.717, 1.165) is 16.9 Å². The van der Waals surface area contributed by atoms with Crippen LogP contribution in [0.5, 0.6) is 0 Å². The Labute approximate surface area is 123 Å². The number of hydrogen-bond acceptors (Lipinski definition) is 3. The van der Waals surface area contributed by atoms with E-state index in [1.165, 1.54) is 6.08 Å². The molecule has 1 heterocycles. The molecule has 3 rings (SSSR count). The van der Waals surface area contributed by atoms with Gasteiger partial charge in [-0.3, -0.25) is 4.79 Å². The predicted octanol–water partition coefficient (Wildman–Crippen LogP) is 2.93. The Balaban J connectivity index is 2.22. The van der Waals surface area contributed by atoms with Gasteiger partial charge in [-0.05, 0) is 12.1 Å². The molecule has 0 fully saturated rings. The van der Waals surface area contributed by atoms with Crippen LogP contribution in [-0.2, 0) is 11.2 Å². The molecule has 4 heteroatoms. The third-order valence-corrected chi connectivity index (χ3v) is 3.84. The van der Waals surface area contributed by atoms with E-state index >= 15 is 0 Å². The molecule has 2 aromatic rings. The van der Waals surface area contributed by atoms with E-state index < -0.39 is 5.41 Å². The Hall–Kier alpha value is -2.67. The molecule has 104 valence electrons. The number of Topliss-reactive ketones (excluding diaryl/α,β-unsaturated/α-hetero) is 1. The second-order valence-electron chi connectivity index (χ2n) is 5.83. The lowest BCUT2D eigenvalue weighted by atomic mass is 9.73. The number of nitrogens with zero attached hydrogens (tertiary/aromatic N) is 3. The first-order valence-corrected chi connectivity index (χ1v) is 6.82. The van der Waals surface area contributed by atoms with Gasteiger partial charge in [-0.1, -0.05) is 32.0 Å². The minimum Gasteiger partial charge on any atom is -0.294 e. The number of allylic oxidation sites excluding steroid dienone is 2. The van der Waals surface area contributed by atoms with Gasteiger partial charge in [0.15, 0.2) is 5.78 Å². The fourth-order valence-corrected chi connectivity index (χ4v) is 2.75. The maximum absolute atomic E-state index is 12.5. The number of rotatable bonds is 1. The molecular formula is C17H15N3O. The highest BCUT2D eigenvalue weighted by atomic mass is 16.1. The molecule has 0 atom stereocenters. The van der Waals surface area contributed by atoms with Crippen LogP contribution < -0.4 is 0 Å². The molecule has 0 saturated heterocycles. The molecule has 1 aliphatic rings. The largest absolute Gasteiger partial charge is 0.294 e. The van der Waals surface area contributed by atoms with Crippen molar-refractivity contribution in [2.24, 2.45) is 5.41 Å². The van der Waals surface area contributed by atoms with Crippen LogP contribution in [0, 0.1) is 16.7 Å². The first kappa shape index (κ1) is 13.3. The first-order chi connectivity index (χ1) is 10.0. The summed E-state index contributed by atoms with van der Waals surface area (Å²) in [6.45, 7) is 3.82. The van der Waals surface area contributed by atoms with Gasteiger partial charge in [0.2, 0.25) is 0 Å². The van der Waals surface area contributed by atoms with Crippen LogP contribution in [0.15, 0.2) is 42.6 Å². The number of carbonyl (C=O) groups excluding carboxylic acids is 1. The highest BCUT2D eigenvalue weighted by Gasteiger charge is 2.39.